The third kappa shape index (κ3) is 1.20. The van der Waals surface area contributed by atoms with Crippen molar-refractivity contribution in [2.75, 3.05) is 19.8 Å². The fourth-order valence-corrected chi connectivity index (χ4v) is 0.533. The van der Waals surface area contributed by atoms with E-state index in [4.69, 9.17) is 4.74 Å². The minimum absolute atomic E-state index is 0.427. The van der Waals surface area contributed by atoms with Crippen molar-refractivity contribution >= 4 is 6.47 Å². The first-order valence-electron chi connectivity index (χ1n) is 2.50. The molecule has 45 valence electrons. The lowest BCUT2D eigenvalue weighted by Gasteiger charge is -2.23. The van der Waals surface area contributed by atoms with E-state index in [1.165, 1.54) is 6.47 Å². The number of hydrogen-bond acceptors (Lipinski definition) is 3. The second-order valence-electron chi connectivity index (χ2n) is 1.80. The Morgan fingerprint density at radius 2 is 2.50 bits per heavy atom. The standard InChI is InChI=1S/C5H7O3/c6-4-8-3-5-1-7-2-5/h5H,1-3H2. The van der Waals surface area contributed by atoms with Gasteiger partial charge in [-0.3, -0.25) is 0 Å². The van der Waals surface area contributed by atoms with Crippen LogP contribution < -0.4 is 0 Å². The normalized spacial score (nSPS) is 19.5. The van der Waals surface area contributed by atoms with E-state index in [1.807, 2.05) is 0 Å². The molecule has 0 unspecified atom stereocenters. The van der Waals surface area contributed by atoms with Gasteiger partial charge in [0.2, 0.25) is 0 Å². The summed E-state index contributed by atoms with van der Waals surface area (Å²) in [6, 6.07) is 0. The maximum Gasteiger partial charge on any atom is 0.417 e. The third-order valence-corrected chi connectivity index (χ3v) is 1.09. The van der Waals surface area contributed by atoms with Crippen LogP contribution in [-0.4, -0.2) is 26.3 Å². The maximum atomic E-state index is 9.46. The van der Waals surface area contributed by atoms with E-state index in [-0.39, 0.29) is 0 Å². The van der Waals surface area contributed by atoms with Crippen LogP contribution in [0.4, 0.5) is 0 Å². The molecule has 0 N–H and O–H groups in total. The molecule has 3 nitrogen and oxygen atoms in total. The van der Waals surface area contributed by atoms with Gasteiger partial charge in [-0.2, -0.15) is 0 Å². The van der Waals surface area contributed by atoms with Crippen LogP contribution in [0.3, 0.4) is 0 Å². The van der Waals surface area contributed by atoms with Gasteiger partial charge in [0.25, 0.3) is 0 Å². The molecule has 0 saturated carbocycles. The molecular formula is C5H7O3. The summed E-state index contributed by atoms with van der Waals surface area (Å²) in [5.74, 6) is 0.427. The minimum atomic E-state index is 0.427. The van der Waals surface area contributed by atoms with Crippen molar-refractivity contribution in [3.63, 3.8) is 0 Å². The summed E-state index contributed by atoms with van der Waals surface area (Å²) in [7, 11) is 0. The molecule has 0 aliphatic carbocycles. The number of hydrogen-bond donors (Lipinski definition) is 0. The average molecular weight is 115 g/mol. The van der Waals surface area contributed by atoms with E-state index in [0.29, 0.717) is 12.5 Å². The molecule has 0 aromatic carbocycles. The molecule has 0 amide bonds. The Hall–Kier alpha value is -0.570. The molecule has 1 saturated heterocycles. The quantitative estimate of drug-likeness (QED) is 0.507. The molecule has 0 aromatic rings. The van der Waals surface area contributed by atoms with Crippen LogP contribution in [0.2, 0.25) is 0 Å². The largest absolute Gasteiger partial charge is 0.457 e. The topological polar surface area (TPSA) is 35.5 Å². The predicted molar refractivity (Wildman–Crippen MR) is 26.0 cm³/mol. The highest BCUT2D eigenvalue weighted by atomic mass is 16.5. The van der Waals surface area contributed by atoms with Crippen molar-refractivity contribution in [2.45, 2.75) is 0 Å². The van der Waals surface area contributed by atoms with Gasteiger partial charge in [-0.25, -0.2) is 4.79 Å². The first-order valence-corrected chi connectivity index (χ1v) is 2.50. The molecule has 0 aromatic heterocycles. The average Bonchev–Trinajstić information content (AvgIpc) is 1.63. The van der Waals surface area contributed by atoms with Crippen molar-refractivity contribution in [3.05, 3.63) is 0 Å². The summed E-state index contributed by atoms with van der Waals surface area (Å²) in [5, 5.41) is 0. The lowest BCUT2D eigenvalue weighted by Crippen LogP contribution is -2.31. The van der Waals surface area contributed by atoms with E-state index in [2.05, 4.69) is 4.74 Å². The zero-order valence-corrected chi connectivity index (χ0v) is 4.42. The Balaban J connectivity index is 1.93. The number of rotatable bonds is 3. The van der Waals surface area contributed by atoms with Gasteiger partial charge in [-0.1, -0.05) is 0 Å². The van der Waals surface area contributed by atoms with E-state index in [0.717, 1.165) is 13.2 Å². The summed E-state index contributed by atoms with van der Waals surface area (Å²) in [4.78, 5) is 9.46. The maximum absolute atomic E-state index is 9.46. The van der Waals surface area contributed by atoms with Gasteiger partial charge in [0.05, 0.1) is 19.8 Å². The first kappa shape index (κ1) is 5.56. The van der Waals surface area contributed by atoms with Crippen LogP contribution in [0.1, 0.15) is 0 Å². The second-order valence-corrected chi connectivity index (χ2v) is 1.80. The summed E-state index contributed by atoms with van der Waals surface area (Å²) < 4.78 is 9.17. The van der Waals surface area contributed by atoms with Crippen molar-refractivity contribution in [1.82, 2.24) is 0 Å². The molecule has 3 heteroatoms. The highest BCUT2D eigenvalue weighted by Gasteiger charge is 2.18. The molecule has 1 heterocycles. The van der Waals surface area contributed by atoms with Crippen LogP contribution in [0, 0.1) is 5.92 Å². The zero-order valence-electron chi connectivity index (χ0n) is 4.42. The van der Waals surface area contributed by atoms with Gasteiger partial charge >= 0.3 is 6.47 Å². The second kappa shape index (κ2) is 2.67. The Kier molecular flexibility index (Phi) is 1.86. The summed E-state index contributed by atoms with van der Waals surface area (Å²) in [6.07, 6.45) is 0. The van der Waals surface area contributed by atoms with Crippen LogP contribution in [0.5, 0.6) is 0 Å². The molecule has 8 heavy (non-hydrogen) atoms. The summed E-state index contributed by atoms with van der Waals surface area (Å²) >= 11 is 0. The van der Waals surface area contributed by atoms with E-state index < -0.39 is 0 Å². The fraction of sp³-hybridized carbons (Fsp3) is 0.800. The number of carbonyl (C=O) groups excluding carboxylic acids is 1. The highest BCUT2D eigenvalue weighted by Crippen LogP contribution is 2.08. The summed E-state index contributed by atoms with van der Waals surface area (Å²) in [5.41, 5.74) is 0. The van der Waals surface area contributed by atoms with Crippen molar-refractivity contribution < 1.29 is 14.3 Å². The lowest BCUT2D eigenvalue weighted by molar-refractivity contribution is -0.0531. The van der Waals surface area contributed by atoms with E-state index in [1.54, 1.807) is 0 Å². The van der Waals surface area contributed by atoms with E-state index in [9.17, 15) is 4.79 Å². The lowest BCUT2D eigenvalue weighted by atomic mass is 10.1. The Morgan fingerprint density at radius 1 is 1.75 bits per heavy atom. The molecule has 0 spiro atoms. The monoisotopic (exact) mass is 115 g/mol. The molecule has 1 radical (unpaired) electrons. The van der Waals surface area contributed by atoms with Gasteiger partial charge in [-0.15, -0.1) is 0 Å². The molecular weight excluding hydrogens is 108 g/mol. The molecule has 0 bridgehead atoms. The van der Waals surface area contributed by atoms with Gasteiger partial charge < -0.3 is 9.47 Å². The molecule has 1 fully saturated rings. The zero-order chi connectivity index (χ0) is 5.82. The molecule has 1 rings (SSSR count). The Bertz CT molecular complexity index is 77.7. The van der Waals surface area contributed by atoms with Crippen molar-refractivity contribution in [1.29, 1.82) is 0 Å². The highest BCUT2D eigenvalue weighted by molar-refractivity contribution is 5.38. The van der Waals surface area contributed by atoms with Crippen molar-refractivity contribution in [3.8, 4) is 0 Å². The molecule has 1 aliphatic heterocycles. The number of ether oxygens (including phenoxy) is 2. The Labute approximate surface area is 47.6 Å². The van der Waals surface area contributed by atoms with Gasteiger partial charge in [0, 0.05) is 5.92 Å². The van der Waals surface area contributed by atoms with Gasteiger partial charge in [0.1, 0.15) is 0 Å². The predicted octanol–water partition coefficient (Wildman–Crippen LogP) is -0.283. The van der Waals surface area contributed by atoms with Crippen LogP contribution >= 0.6 is 0 Å². The SMILES string of the molecule is O=[C]OCC1COC1. The first-order chi connectivity index (χ1) is 3.93. The van der Waals surface area contributed by atoms with Crippen LogP contribution in [0.25, 0.3) is 0 Å². The van der Waals surface area contributed by atoms with Gasteiger partial charge in [0.15, 0.2) is 0 Å². The minimum Gasteiger partial charge on any atom is -0.457 e. The fourth-order valence-electron chi connectivity index (χ4n) is 0.533. The molecule has 0 atom stereocenters. The van der Waals surface area contributed by atoms with E-state index >= 15 is 0 Å². The molecule has 1 aliphatic rings. The van der Waals surface area contributed by atoms with Crippen molar-refractivity contribution in [2.24, 2.45) is 5.92 Å². The summed E-state index contributed by atoms with van der Waals surface area (Å²) in [6.45, 7) is 3.27. The smallest absolute Gasteiger partial charge is 0.417 e. The van der Waals surface area contributed by atoms with Crippen LogP contribution in [0.15, 0.2) is 0 Å². The Morgan fingerprint density at radius 3 is 2.88 bits per heavy atom. The third-order valence-electron chi connectivity index (χ3n) is 1.09. The van der Waals surface area contributed by atoms with Crippen LogP contribution in [-0.2, 0) is 14.3 Å². The van der Waals surface area contributed by atoms with Gasteiger partial charge in [-0.05, 0) is 0 Å².